The summed E-state index contributed by atoms with van der Waals surface area (Å²) in [5.41, 5.74) is 0.696. The van der Waals surface area contributed by atoms with E-state index >= 15 is 0 Å². The fourth-order valence-electron chi connectivity index (χ4n) is 2.28. The number of carbonyl (C=O) groups excluding carboxylic acids is 2. The second-order valence-corrected chi connectivity index (χ2v) is 8.43. The third kappa shape index (κ3) is 7.78. The number of anilines is 1. The second kappa shape index (κ2) is 11.3. The number of hydrogen-bond donors (Lipinski definition) is 3. The Bertz CT molecular complexity index is 849. The molecule has 2 aromatic rings. The third-order valence-corrected chi connectivity index (χ3v) is 5.63. The zero-order chi connectivity index (χ0) is 21.4. The lowest BCUT2D eigenvalue weighted by Gasteiger charge is -2.16. The van der Waals surface area contributed by atoms with Crippen LogP contribution in [0.1, 0.15) is 13.8 Å². The largest absolute Gasteiger partial charge is 0.489 e. The fourth-order valence-corrected chi connectivity index (χ4v) is 3.52. The van der Waals surface area contributed by atoms with Crippen LogP contribution in [0.4, 0.5) is 5.69 Å². The van der Waals surface area contributed by atoms with Gasteiger partial charge in [-0.05, 0) is 43.3 Å². The van der Waals surface area contributed by atoms with Gasteiger partial charge >= 0.3 is 0 Å². The summed E-state index contributed by atoms with van der Waals surface area (Å²) in [5.74, 6) is 0.0234. The molecule has 0 aliphatic carbocycles. The molecule has 0 aliphatic heterocycles. The van der Waals surface area contributed by atoms with Crippen molar-refractivity contribution in [2.75, 3.05) is 18.5 Å². The molecule has 29 heavy (non-hydrogen) atoms. The van der Waals surface area contributed by atoms with Gasteiger partial charge in [0.25, 0.3) is 0 Å². The molecule has 0 fully saturated rings. The van der Waals surface area contributed by atoms with E-state index in [1.807, 2.05) is 12.1 Å². The van der Waals surface area contributed by atoms with Crippen LogP contribution in [-0.2, 0) is 9.59 Å². The predicted molar refractivity (Wildman–Crippen MR) is 117 cm³/mol. The van der Waals surface area contributed by atoms with E-state index < -0.39 is 6.10 Å². The lowest BCUT2D eigenvalue weighted by molar-refractivity contribution is -0.120. The SMILES string of the molecule is CC(=O)Nc1ccc(SC(C)C(=O)NCC(O)COc2cccc(Cl)c2Cl)cc1. The number of amides is 2. The van der Waals surface area contributed by atoms with Crippen molar-refractivity contribution in [2.24, 2.45) is 0 Å². The minimum Gasteiger partial charge on any atom is -0.489 e. The van der Waals surface area contributed by atoms with Crippen molar-refractivity contribution in [1.82, 2.24) is 5.32 Å². The van der Waals surface area contributed by atoms with E-state index in [9.17, 15) is 14.7 Å². The molecule has 2 atom stereocenters. The molecule has 2 rings (SSSR count). The second-order valence-electron chi connectivity index (χ2n) is 6.23. The molecule has 0 spiro atoms. The van der Waals surface area contributed by atoms with Gasteiger partial charge in [0.05, 0.1) is 10.3 Å². The van der Waals surface area contributed by atoms with E-state index in [4.69, 9.17) is 27.9 Å². The molecule has 0 bridgehead atoms. The molecule has 2 aromatic carbocycles. The molecule has 0 aliphatic rings. The lowest BCUT2D eigenvalue weighted by Crippen LogP contribution is -2.38. The van der Waals surface area contributed by atoms with E-state index in [0.29, 0.717) is 16.5 Å². The smallest absolute Gasteiger partial charge is 0.233 e. The monoisotopic (exact) mass is 456 g/mol. The van der Waals surface area contributed by atoms with Crippen LogP contribution in [-0.4, -0.2) is 41.4 Å². The Morgan fingerprint density at radius 3 is 2.52 bits per heavy atom. The highest BCUT2D eigenvalue weighted by Gasteiger charge is 2.16. The van der Waals surface area contributed by atoms with Crippen molar-refractivity contribution in [2.45, 2.75) is 30.1 Å². The van der Waals surface area contributed by atoms with Gasteiger partial charge in [0.15, 0.2) is 0 Å². The molecule has 6 nitrogen and oxygen atoms in total. The Morgan fingerprint density at radius 1 is 1.17 bits per heavy atom. The molecular formula is C20H22Cl2N2O4S. The van der Waals surface area contributed by atoms with E-state index in [2.05, 4.69) is 10.6 Å². The molecule has 3 N–H and O–H groups in total. The van der Waals surface area contributed by atoms with E-state index in [1.54, 1.807) is 37.3 Å². The standard InChI is InChI=1S/C20H22Cl2N2O4S/c1-12(29-16-8-6-14(7-9-16)24-13(2)25)20(27)23-10-15(26)11-28-18-5-3-4-17(21)19(18)22/h3-9,12,15,26H,10-11H2,1-2H3,(H,23,27)(H,24,25). The zero-order valence-electron chi connectivity index (χ0n) is 15.9. The molecule has 0 heterocycles. The molecule has 9 heteroatoms. The van der Waals surface area contributed by atoms with Crippen LogP contribution in [0, 0.1) is 0 Å². The number of nitrogens with one attached hydrogen (secondary N) is 2. The number of halogens is 2. The number of benzene rings is 2. The summed E-state index contributed by atoms with van der Waals surface area (Å²) in [6, 6.07) is 12.2. The molecule has 156 valence electrons. The number of aliphatic hydroxyl groups excluding tert-OH is 1. The van der Waals surface area contributed by atoms with Crippen molar-refractivity contribution in [3.05, 3.63) is 52.5 Å². The van der Waals surface area contributed by atoms with Gasteiger partial charge in [0.2, 0.25) is 11.8 Å². The minimum absolute atomic E-state index is 0.0352. The average molecular weight is 457 g/mol. The van der Waals surface area contributed by atoms with E-state index in [1.165, 1.54) is 18.7 Å². The van der Waals surface area contributed by atoms with Gasteiger partial charge in [-0.2, -0.15) is 0 Å². The number of hydrogen-bond acceptors (Lipinski definition) is 5. The minimum atomic E-state index is -0.900. The highest BCUT2D eigenvalue weighted by Crippen LogP contribution is 2.31. The van der Waals surface area contributed by atoms with Crippen molar-refractivity contribution >= 4 is 52.5 Å². The van der Waals surface area contributed by atoms with Crippen LogP contribution < -0.4 is 15.4 Å². The summed E-state index contributed by atoms with van der Waals surface area (Å²) in [6.07, 6.45) is -0.900. The molecule has 0 radical (unpaired) electrons. The van der Waals surface area contributed by atoms with Crippen molar-refractivity contribution in [3.8, 4) is 5.75 Å². The Labute approximate surface area is 183 Å². The van der Waals surface area contributed by atoms with E-state index in [0.717, 1.165) is 4.90 Å². The van der Waals surface area contributed by atoms with Gasteiger partial charge in [-0.3, -0.25) is 9.59 Å². The van der Waals surface area contributed by atoms with Gasteiger partial charge in [-0.1, -0.05) is 29.3 Å². The van der Waals surface area contributed by atoms with Crippen LogP contribution in [0.15, 0.2) is 47.4 Å². The maximum Gasteiger partial charge on any atom is 0.233 e. The molecule has 0 saturated heterocycles. The van der Waals surface area contributed by atoms with Crippen LogP contribution >= 0.6 is 35.0 Å². The van der Waals surface area contributed by atoms with E-state index in [-0.39, 0.29) is 35.2 Å². The molecule has 2 unspecified atom stereocenters. The lowest BCUT2D eigenvalue weighted by atomic mass is 10.3. The normalized spacial score (nSPS) is 12.7. The summed E-state index contributed by atoms with van der Waals surface area (Å²) >= 11 is 13.3. The van der Waals surface area contributed by atoms with Gasteiger partial charge in [0, 0.05) is 24.1 Å². The first-order valence-electron chi connectivity index (χ1n) is 8.83. The number of aliphatic hydroxyl groups is 1. The van der Waals surface area contributed by atoms with Crippen LogP contribution in [0.25, 0.3) is 0 Å². The maximum atomic E-state index is 12.3. The van der Waals surface area contributed by atoms with Crippen molar-refractivity contribution in [1.29, 1.82) is 0 Å². The molecule has 2 amide bonds. The highest BCUT2D eigenvalue weighted by atomic mass is 35.5. The van der Waals surface area contributed by atoms with Crippen LogP contribution in [0.5, 0.6) is 5.75 Å². The highest BCUT2D eigenvalue weighted by molar-refractivity contribution is 8.00. The number of carbonyl (C=O) groups is 2. The van der Waals surface area contributed by atoms with Gasteiger partial charge in [-0.25, -0.2) is 0 Å². The Kier molecular flexibility index (Phi) is 9.10. The number of ether oxygens (including phenoxy) is 1. The summed E-state index contributed by atoms with van der Waals surface area (Å²) in [6.45, 7) is 3.23. The zero-order valence-corrected chi connectivity index (χ0v) is 18.3. The Morgan fingerprint density at radius 2 is 1.86 bits per heavy atom. The summed E-state index contributed by atoms with van der Waals surface area (Å²) in [5, 5.41) is 15.7. The Hall–Kier alpha value is -1.93. The third-order valence-electron chi connectivity index (χ3n) is 3.72. The Balaban J connectivity index is 1.76. The van der Waals surface area contributed by atoms with Crippen molar-refractivity contribution in [3.63, 3.8) is 0 Å². The van der Waals surface area contributed by atoms with Crippen molar-refractivity contribution < 1.29 is 19.4 Å². The number of rotatable bonds is 9. The van der Waals surface area contributed by atoms with Gasteiger partial charge in [0.1, 0.15) is 23.5 Å². The first kappa shape index (κ1) is 23.3. The van der Waals surface area contributed by atoms with Gasteiger partial charge in [-0.15, -0.1) is 11.8 Å². The molecule has 0 saturated carbocycles. The average Bonchev–Trinajstić information content (AvgIpc) is 2.68. The van der Waals surface area contributed by atoms with Gasteiger partial charge < -0.3 is 20.5 Å². The fraction of sp³-hybridized carbons (Fsp3) is 0.300. The predicted octanol–water partition coefficient (Wildman–Crippen LogP) is 3.99. The van der Waals surface area contributed by atoms with Crippen LogP contribution in [0.2, 0.25) is 10.0 Å². The molecular weight excluding hydrogens is 435 g/mol. The topological polar surface area (TPSA) is 87.7 Å². The quantitative estimate of drug-likeness (QED) is 0.496. The molecule has 0 aromatic heterocycles. The summed E-state index contributed by atoms with van der Waals surface area (Å²) in [4.78, 5) is 24.2. The van der Waals surface area contributed by atoms with Crippen LogP contribution in [0.3, 0.4) is 0 Å². The number of thioether (sulfide) groups is 1. The summed E-state index contributed by atoms with van der Waals surface area (Å²) < 4.78 is 5.45. The first-order valence-corrected chi connectivity index (χ1v) is 10.5. The maximum absolute atomic E-state index is 12.3. The summed E-state index contributed by atoms with van der Waals surface area (Å²) in [7, 11) is 0. The first-order chi connectivity index (χ1) is 13.8.